The molecule has 5 heteroatoms. The number of anilines is 2. The van der Waals surface area contributed by atoms with Crippen LogP contribution in [-0.2, 0) is 0 Å². The first-order valence-corrected chi connectivity index (χ1v) is 9.94. The summed E-state index contributed by atoms with van der Waals surface area (Å²) in [6, 6.07) is 17.5. The summed E-state index contributed by atoms with van der Waals surface area (Å²) < 4.78 is 1.30. The number of hydrogen-bond acceptors (Lipinski definition) is 5. The summed E-state index contributed by atoms with van der Waals surface area (Å²) >= 11 is 1.82. The number of benzene rings is 2. The van der Waals surface area contributed by atoms with Gasteiger partial charge in [-0.05, 0) is 32.2 Å². The predicted molar refractivity (Wildman–Crippen MR) is 111 cm³/mol. The van der Waals surface area contributed by atoms with E-state index in [0.29, 0.717) is 6.04 Å². The molecule has 1 N–H and O–H groups in total. The van der Waals surface area contributed by atoms with Gasteiger partial charge in [0, 0.05) is 35.8 Å². The molecule has 2 aliphatic rings. The maximum absolute atomic E-state index is 5.15. The summed E-state index contributed by atoms with van der Waals surface area (Å²) in [5.41, 5.74) is 3.34. The van der Waals surface area contributed by atoms with Crippen LogP contribution in [0.2, 0.25) is 0 Å². The Labute approximate surface area is 157 Å². The quantitative estimate of drug-likeness (QED) is 0.630. The Bertz CT molecular complexity index is 1010. The lowest BCUT2D eigenvalue weighted by Gasteiger charge is -2.39. The molecule has 0 bridgehead atoms. The van der Waals surface area contributed by atoms with Crippen LogP contribution in [0.15, 0.2) is 53.5 Å². The van der Waals surface area contributed by atoms with Gasteiger partial charge in [-0.3, -0.25) is 0 Å². The number of nitrogens with one attached hydrogen (secondary N) is 1. The molecule has 0 unspecified atom stereocenters. The van der Waals surface area contributed by atoms with Crippen molar-refractivity contribution in [3.05, 3.63) is 54.1 Å². The molecule has 3 aromatic rings. The van der Waals surface area contributed by atoms with Gasteiger partial charge in [0.1, 0.15) is 10.8 Å². The first-order chi connectivity index (χ1) is 12.7. The number of para-hydroxylation sites is 2. The van der Waals surface area contributed by atoms with Gasteiger partial charge in [-0.25, -0.2) is 4.99 Å². The maximum atomic E-state index is 5.15. The van der Waals surface area contributed by atoms with Crippen molar-refractivity contribution in [2.24, 2.45) is 4.99 Å². The Morgan fingerprint density at radius 2 is 1.88 bits per heavy atom. The zero-order chi connectivity index (χ0) is 17.7. The van der Waals surface area contributed by atoms with Crippen LogP contribution in [-0.4, -0.2) is 48.4 Å². The van der Waals surface area contributed by atoms with Gasteiger partial charge in [0.25, 0.3) is 0 Å². The van der Waals surface area contributed by atoms with Crippen LogP contribution in [0, 0.1) is 0 Å². The molecular formula is C21H22N4S. The van der Waals surface area contributed by atoms with E-state index >= 15 is 0 Å². The monoisotopic (exact) mass is 362 g/mol. The molecule has 0 amide bonds. The van der Waals surface area contributed by atoms with E-state index in [2.05, 4.69) is 77.6 Å². The average Bonchev–Trinajstić information content (AvgIpc) is 2.92. The number of fused-ring (bicyclic) bond motifs is 4. The summed E-state index contributed by atoms with van der Waals surface area (Å²) in [6.07, 6.45) is 0. The first-order valence-electron chi connectivity index (χ1n) is 9.12. The minimum absolute atomic E-state index is 0.520. The molecular weight excluding hydrogens is 340 g/mol. The SMILES string of the molecule is C[C@H]1CN(C2=Nc3ccccc3Nc3sc4ccccc4c32)CCN1C. The normalized spacial score (nSPS) is 20.2. The molecule has 0 saturated carbocycles. The Hall–Kier alpha value is -2.37. The number of hydrogen-bond donors (Lipinski definition) is 1. The number of rotatable bonds is 0. The maximum Gasteiger partial charge on any atom is 0.140 e. The number of amidine groups is 1. The van der Waals surface area contributed by atoms with Gasteiger partial charge >= 0.3 is 0 Å². The van der Waals surface area contributed by atoms with Crippen LogP contribution in [0.4, 0.5) is 16.4 Å². The summed E-state index contributed by atoms with van der Waals surface area (Å²) in [7, 11) is 2.21. The van der Waals surface area contributed by atoms with Gasteiger partial charge in [-0.2, -0.15) is 0 Å². The van der Waals surface area contributed by atoms with Gasteiger partial charge in [0.2, 0.25) is 0 Å². The Kier molecular flexibility index (Phi) is 3.72. The fourth-order valence-electron chi connectivity index (χ4n) is 3.79. The topological polar surface area (TPSA) is 30.9 Å². The van der Waals surface area contributed by atoms with E-state index in [1.54, 1.807) is 0 Å². The van der Waals surface area contributed by atoms with E-state index in [-0.39, 0.29) is 0 Å². The van der Waals surface area contributed by atoms with Crippen molar-refractivity contribution < 1.29 is 0 Å². The first kappa shape index (κ1) is 15.9. The Morgan fingerprint density at radius 1 is 1.08 bits per heavy atom. The molecule has 2 aromatic carbocycles. The van der Waals surface area contributed by atoms with Crippen molar-refractivity contribution in [3.63, 3.8) is 0 Å². The highest BCUT2D eigenvalue weighted by atomic mass is 32.1. The van der Waals surface area contributed by atoms with E-state index in [1.165, 1.54) is 20.7 Å². The predicted octanol–water partition coefficient (Wildman–Crippen LogP) is 4.67. The van der Waals surface area contributed by atoms with Crippen molar-refractivity contribution in [2.75, 3.05) is 32.0 Å². The van der Waals surface area contributed by atoms with Crippen LogP contribution in [0.5, 0.6) is 0 Å². The second-order valence-corrected chi connectivity index (χ2v) is 8.21. The zero-order valence-electron chi connectivity index (χ0n) is 15.1. The summed E-state index contributed by atoms with van der Waals surface area (Å²) in [6.45, 7) is 5.36. The minimum Gasteiger partial charge on any atom is -0.353 e. The largest absolute Gasteiger partial charge is 0.353 e. The van der Waals surface area contributed by atoms with Crippen molar-refractivity contribution in [3.8, 4) is 0 Å². The average molecular weight is 363 g/mol. The van der Waals surface area contributed by atoms with Crippen molar-refractivity contribution in [1.29, 1.82) is 0 Å². The molecule has 0 radical (unpaired) electrons. The molecule has 3 heterocycles. The van der Waals surface area contributed by atoms with Crippen LogP contribution in [0.1, 0.15) is 12.5 Å². The molecule has 132 valence electrons. The molecule has 1 aromatic heterocycles. The van der Waals surface area contributed by atoms with Gasteiger partial charge in [-0.15, -0.1) is 11.3 Å². The molecule has 2 aliphatic heterocycles. The lowest BCUT2D eigenvalue weighted by Crippen LogP contribution is -2.52. The van der Waals surface area contributed by atoms with Crippen molar-refractivity contribution in [1.82, 2.24) is 9.80 Å². The van der Waals surface area contributed by atoms with Crippen LogP contribution in [0.3, 0.4) is 0 Å². The molecule has 1 fully saturated rings. The molecule has 4 nitrogen and oxygen atoms in total. The number of aliphatic imine (C=N–C) groups is 1. The van der Waals surface area contributed by atoms with Crippen LogP contribution in [0.25, 0.3) is 10.1 Å². The number of likely N-dealkylation sites (N-methyl/N-ethyl adjacent to an activating group) is 1. The molecule has 26 heavy (non-hydrogen) atoms. The smallest absolute Gasteiger partial charge is 0.140 e. The lowest BCUT2D eigenvalue weighted by molar-refractivity contribution is 0.153. The molecule has 5 rings (SSSR count). The third kappa shape index (κ3) is 2.50. The van der Waals surface area contributed by atoms with Crippen molar-refractivity contribution >= 4 is 43.6 Å². The standard InChI is InChI=1S/C21H22N4S/c1-14-13-25(12-11-24(14)2)20-19-15-7-3-6-10-18(15)26-21(19)23-17-9-5-4-8-16(17)22-20/h3-10,14,23H,11-13H2,1-2H3/t14-/m0/s1. The second-order valence-electron chi connectivity index (χ2n) is 7.16. The molecule has 0 spiro atoms. The fraction of sp³-hybridized carbons (Fsp3) is 0.286. The molecule has 1 saturated heterocycles. The van der Waals surface area contributed by atoms with E-state index in [9.17, 15) is 0 Å². The van der Waals surface area contributed by atoms with E-state index < -0.39 is 0 Å². The fourth-order valence-corrected chi connectivity index (χ4v) is 4.91. The second kappa shape index (κ2) is 6.11. The highest BCUT2D eigenvalue weighted by molar-refractivity contribution is 7.23. The number of piperazine rings is 1. The third-order valence-corrected chi connectivity index (χ3v) is 6.54. The highest BCUT2D eigenvalue weighted by Gasteiger charge is 2.29. The van der Waals surface area contributed by atoms with Crippen LogP contribution >= 0.6 is 11.3 Å². The molecule has 0 aliphatic carbocycles. The number of nitrogens with zero attached hydrogens (tertiary/aromatic N) is 3. The molecule has 1 atom stereocenters. The zero-order valence-corrected chi connectivity index (χ0v) is 15.9. The Balaban J connectivity index is 1.72. The van der Waals surface area contributed by atoms with Crippen molar-refractivity contribution in [2.45, 2.75) is 13.0 Å². The van der Waals surface area contributed by atoms with E-state index in [0.717, 1.165) is 36.8 Å². The third-order valence-electron chi connectivity index (χ3n) is 5.46. The van der Waals surface area contributed by atoms with E-state index in [4.69, 9.17) is 4.99 Å². The summed E-state index contributed by atoms with van der Waals surface area (Å²) in [5.74, 6) is 1.11. The summed E-state index contributed by atoms with van der Waals surface area (Å²) in [5, 5.41) is 6.13. The van der Waals surface area contributed by atoms with Gasteiger partial charge in [-0.1, -0.05) is 30.3 Å². The van der Waals surface area contributed by atoms with Gasteiger partial charge in [0.05, 0.1) is 16.9 Å². The van der Waals surface area contributed by atoms with E-state index in [1.807, 2.05) is 11.3 Å². The number of thiophene rings is 1. The Morgan fingerprint density at radius 3 is 2.77 bits per heavy atom. The van der Waals surface area contributed by atoms with Gasteiger partial charge < -0.3 is 15.1 Å². The lowest BCUT2D eigenvalue weighted by atomic mass is 10.1. The summed E-state index contributed by atoms with van der Waals surface area (Å²) in [4.78, 5) is 10.0. The highest BCUT2D eigenvalue weighted by Crippen LogP contribution is 2.43. The minimum atomic E-state index is 0.520. The van der Waals surface area contributed by atoms with Gasteiger partial charge in [0.15, 0.2) is 0 Å². The van der Waals surface area contributed by atoms with Crippen LogP contribution < -0.4 is 5.32 Å².